The molecule has 2 heterocycles. The molecule has 1 atom stereocenters. The molecule has 1 aliphatic heterocycles. The summed E-state index contributed by atoms with van der Waals surface area (Å²) in [5, 5.41) is 0. The van der Waals surface area contributed by atoms with Crippen molar-refractivity contribution >= 4 is 5.69 Å². The first-order chi connectivity index (χ1) is 9.81. The number of nitrogens with zero attached hydrogens (tertiary/aromatic N) is 2. The van der Waals surface area contributed by atoms with Gasteiger partial charge in [-0.25, -0.2) is 0 Å². The van der Waals surface area contributed by atoms with Crippen molar-refractivity contribution in [1.29, 1.82) is 0 Å². The van der Waals surface area contributed by atoms with Gasteiger partial charge in [-0.2, -0.15) is 0 Å². The fourth-order valence-corrected chi connectivity index (χ4v) is 3.26. The van der Waals surface area contributed by atoms with Gasteiger partial charge in [-0.1, -0.05) is 18.2 Å². The third-order valence-corrected chi connectivity index (χ3v) is 4.17. The van der Waals surface area contributed by atoms with Gasteiger partial charge < -0.3 is 10.6 Å². The number of hydrogen-bond donors (Lipinski definition) is 1. The van der Waals surface area contributed by atoms with Crippen LogP contribution in [0, 0.1) is 6.92 Å². The third kappa shape index (κ3) is 2.29. The largest absolute Gasteiger partial charge is 0.364 e. The Morgan fingerprint density at radius 1 is 1.25 bits per heavy atom. The summed E-state index contributed by atoms with van der Waals surface area (Å²) in [7, 11) is 0. The Morgan fingerprint density at radius 2 is 2.05 bits per heavy atom. The highest BCUT2D eigenvalue weighted by atomic mass is 15.2. The number of aryl methyl sites for hydroxylation is 1. The summed E-state index contributed by atoms with van der Waals surface area (Å²) in [4.78, 5) is 6.65. The van der Waals surface area contributed by atoms with E-state index in [2.05, 4.69) is 47.1 Å². The first-order valence-corrected chi connectivity index (χ1v) is 7.26. The van der Waals surface area contributed by atoms with Crippen molar-refractivity contribution in [3.63, 3.8) is 0 Å². The lowest BCUT2D eigenvalue weighted by atomic mass is 10.0. The topological polar surface area (TPSA) is 42.1 Å². The minimum absolute atomic E-state index is 0.449. The molecule has 0 aliphatic carbocycles. The third-order valence-electron chi connectivity index (χ3n) is 4.17. The van der Waals surface area contributed by atoms with Crippen molar-refractivity contribution in [1.82, 2.24) is 4.98 Å². The molecule has 3 nitrogen and oxygen atoms in total. The van der Waals surface area contributed by atoms with Crippen molar-refractivity contribution in [2.75, 3.05) is 11.4 Å². The maximum atomic E-state index is 5.93. The highest BCUT2D eigenvalue weighted by Gasteiger charge is 2.28. The van der Waals surface area contributed by atoms with Gasteiger partial charge in [-0.3, -0.25) is 4.98 Å². The molecule has 0 radical (unpaired) electrons. The Morgan fingerprint density at radius 3 is 2.80 bits per heavy atom. The van der Waals surface area contributed by atoms with Crippen LogP contribution in [0.3, 0.4) is 0 Å². The van der Waals surface area contributed by atoms with Gasteiger partial charge in [0.1, 0.15) is 0 Å². The molecular formula is C17H21N3. The summed E-state index contributed by atoms with van der Waals surface area (Å²) >= 11 is 0. The Labute approximate surface area is 120 Å². The number of aromatic nitrogens is 1. The highest BCUT2D eigenvalue weighted by molar-refractivity contribution is 5.61. The van der Waals surface area contributed by atoms with E-state index in [1.165, 1.54) is 35.2 Å². The van der Waals surface area contributed by atoms with Crippen molar-refractivity contribution in [2.24, 2.45) is 5.73 Å². The highest BCUT2D eigenvalue weighted by Crippen LogP contribution is 2.39. The lowest BCUT2D eigenvalue weighted by Gasteiger charge is -2.30. The lowest BCUT2D eigenvalue weighted by Crippen LogP contribution is -2.25. The van der Waals surface area contributed by atoms with E-state index in [1.54, 1.807) is 0 Å². The van der Waals surface area contributed by atoms with E-state index in [0.717, 1.165) is 6.54 Å². The molecule has 1 fully saturated rings. The van der Waals surface area contributed by atoms with Crippen molar-refractivity contribution in [3.05, 3.63) is 59.4 Å². The Hall–Kier alpha value is -1.87. The van der Waals surface area contributed by atoms with Gasteiger partial charge in [-0.05, 0) is 48.6 Å². The van der Waals surface area contributed by atoms with E-state index >= 15 is 0 Å². The van der Waals surface area contributed by atoms with E-state index in [-0.39, 0.29) is 0 Å². The maximum absolute atomic E-state index is 5.93. The molecule has 1 aromatic heterocycles. The summed E-state index contributed by atoms with van der Waals surface area (Å²) in [5.74, 6) is 0. The molecule has 1 aliphatic rings. The lowest BCUT2D eigenvalue weighted by molar-refractivity contribution is 0.713. The molecule has 2 aromatic rings. The Kier molecular flexibility index (Phi) is 3.70. The van der Waals surface area contributed by atoms with Gasteiger partial charge in [0.05, 0.1) is 6.04 Å². The van der Waals surface area contributed by atoms with Crippen molar-refractivity contribution in [2.45, 2.75) is 32.4 Å². The summed E-state index contributed by atoms with van der Waals surface area (Å²) in [6, 6.07) is 11.1. The molecule has 20 heavy (non-hydrogen) atoms. The molecule has 0 amide bonds. The smallest absolute Gasteiger partial charge is 0.0544 e. The minimum Gasteiger partial charge on any atom is -0.364 e. The van der Waals surface area contributed by atoms with E-state index in [0.29, 0.717) is 12.6 Å². The van der Waals surface area contributed by atoms with Crippen molar-refractivity contribution in [3.8, 4) is 0 Å². The van der Waals surface area contributed by atoms with Crippen LogP contribution in [0.1, 0.15) is 35.6 Å². The molecule has 3 rings (SSSR count). The van der Waals surface area contributed by atoms with Crippen LogP contribution in [0.25, 0.3) is 0 Å². The average molecular weight is 267 g/mol. The van der Waals surface area contributed by atoms with Crippen molar-refractivity contribution < 1.29 is 0 Å². The zero-order chi connectivity index (χ0) is 13.9. The Balaban J connectivity index is 2.01. The molecule has 0 saturated carbocycles. The number of benzene rings is 1. The standard InChI is InChI=1S/C17H21N3/c1-13-4-2-5-15(12-18)17(13)20-11-3-6-16(20)14-7-9-19-10-8-14/h2,4-5,7-10,16H,3,6,11-12,18H2,1H3. The predicted molar refractivity (Wildman–Crippen MR) is 82.6 cm³/mol. The van der Waals surface area contributed by atoms with Gasteiger partial charge in [0, 0.05) is 31.2 Å². The van der Waals surface area contributed by atoms with Gasteiger partial charge in [0.15, 0.2) is 0 Å². The summed E-state index contributed by atoms with van der Waals surface area (Å²) in [5.41, 5.74) is 11.2. The number of hydrogen-bond acceptors (Lipinski definition) is 3. The fraction of sp³-hybridized carbons (Fsp3) is 0.353. The predicted octanol–water partition coefficient (Wildman–Crippen LogP) is 3.19. The SMILES string of the molecule is Cc1cccc(CN)c1N1CCCC1c1ccncc1. The average Bonchev–Trinajstić information content (AvgIpc) is 2.96. The van der Waals surface area contributed by atoms with Crippen LogP contribution in [-0.4, -0.2) is 11.5 Å². The van der Waals surface area contributed by atoms with Crippen LogP contribution >= 0.6 is 0 Å². The number of pyridine rings is 1. The Bertz CT molecular complexity index is 580. The fourth-order valence-electron chi connectivity index (χ4n) is 3.26. The normalized spacial score (nSPS) is 18.5. The van der Waals surface area contributed by atoms with Crippen LogP contribution in [0.2, 0.25) is 0 Å². The van der Waals surface area contributed by atoms with Crippen LogP contribution in [-0.2, 0) is 6.54 Å². The number of anilines is 1. The molecule has 2 N–H and O–H groups in total. The van der Waals surface area contributed by atoms with Gasteiger partial charge in [0.25, 0.3) is 0 Å². The van der Waals surface area contributed by atoms with Crippen LogP contribution in [0.4, 0.5) is 5.69 Å². The minimum atomic E-state index is 0.449. The van der Waals surface area contributed by atoms with Gasteiger partial charge >= 0.3 is 0 Å². The molecule has 3 heteroatoms. The molecule has 1 saturated heterocycles. The van der Waals surface area contributed by atoms with Crippen LogP contribution < -0.4 is 10.6 Å². The second-order valence-electron chi connectivity index (χ2n) is 5.42. The first-order valence-electron chi connectivity index (χ1n) is 7.26. The van der Waals surface area contributed by atoms with E-state index < -0.39 is 0 Å². The number of rotatable bonds is 3. The number of para-hydroxylation sites is 1. The molecule has 0 bridgehead atoms. The van der Waals surface area contributed by atoms with Gasteiger partial charge in [-0.15, -0.1) is 0 Å². The summed E-state index contributed by atoms with van der Waals surface area (Å²) in [6.45, 7) is 3.87. The second kappa shape index (κ2) is 5.63. The van der Waals surface area contributed by atoms with Gasteiger partial charge in [0.2, 0.25) is 0 Å². The van der Waals surface area contributed by atoms with Crippen LogP contribution in [0.5, 0.6) is 0 Å². The monoisotopic (exact) mass is 267 g/mol. The zero-order valence-corrected chi connectivity index (χ0v) is 11.9. The van der Waals surface area contributed by atoms with E-state index in [4.69, 9.17) is 5.73 Å². The second-order valence-corrected chi connectivity index (χ2v) is 5.42. The first kappa shape index (κ1) is 13.1. The zero-order valence-electron chi connectivity index (χ0n) is 11.9. The molecule has 1 aromatic carbocycles. The van der Waals surface area contributed by atoms with E-state index in [9.17, 15) is 0 Å². The molecule has 1 unspecified atom stereocenters. The summed E-state index contributed by atoms with van der Waals surface area (Å²) < 4.78 is 0. The number of nitrogens with two attached hydrogens (primary N) is 1. The molecule has 104 valence electrons. The quantitative estimate of drug-likeness (QED) is 0.928. The van der Waals surface area contributed by atoms with E-state index in [1.807, 2.05) is 12.4 Å². The molecule has 0 spiro atoms. The molecular weight excluding hydrogens is 246 g/mol. The maximum Gasteiger partial charge on any atom is 0.0544 e. The summed E-state index contributed by atoms with van der Waals surface area (Å²) in [6.07, 6.45) is 6.19. The van der Waals surface area contributed by atoms with Crippen LogP contribution in [0.15, 0.2) is 42.7 Å².